The van der Waals surface area contributed by atoms with Crippen molar-refractivity contribution < 1.29 is 17.9 Å². The van der Waals surface area contributed by atoms with E-state index in [0.717, 1.165) is 10.0 Å². The molecule has 0 aromatic heterocycles. The molecule has 0 spiro atoms. The molecule has 8 heteroatoms. The summed E-state index contributed by atoms with van der Waals surface area (Å²) in [5.74, 6) is 0.316. The topological polar surface area (TPSA) is 63.7 Å². The molecule has 1 aliphatic heterocycles. The third kappa shape index (κ3) is 4.83. The predicted octanol–water partition coefficient (Wildman–Crippen LogP) is 3.94. The van der Waals surface area contributed by atoms with E-state index in [1.165, 1.54) is 7.11 Å². The first-order valence-electron chi connectivity index (χ1n) is 8.38. The van der Waals surface area contributed by atoms with Gasteiger partial charge in [0.05, 0.1) is 23.6 Å². The van der Waals surface area contributed by atoms with Crippen LogP contribution in [0.5, 0.6) is 5.75 Å². The summed E-state index contributed by atoms with van der Waals surface area (Å²) in [5.41, 5.74) is 1.32. The molecule has 1 aliphatic rings. The zero-order valence-corrected chi connectivity index (χ0v) is 17.9. The van der Waals surface area contributed by atoms with Crippen LogP contribution in [-0.2, 0) is 16.4 Å². The lowest BCUT2D eigenvalue weighted by Gasteiger charge is -2.29. The first-order valence-corrected chi connectivity index (χ1v) is 11.4. The highest BCUT2D eigenvalue weighted by Gasteiger charge is 2.35. The van der Waals surface area contributed by atoms with E-state index in [1.54, 1.807) is 23.1 Å². The molecule has 1 atom stereocenters. The number of rotatable bonds is 5. The van der Waals surface area contributed by atoms with Crippen LogP contribution in [0.4, 0.5) is 0 Å². The summed E-state index contributed by atoms with van der Waals surface area (Å²) in [6.45, 7) is 0.322. The average molecular weight is 473 g/mol. The van der Waals surface area contributed by atoms with Crippen LogP contribution in [0.25, 0.3) is 0 Å². The number of halogens is 2. The Morgan fingerprint density at radius 2 is 2.07 bits per heavy atom. The first kappa shape index (κ1) is 20.2. The monoisotopic (exact) mass is 471 g/mol. The molecular formula is C19H19BrClNO4S. The zero-order chi connectivity index (χ0) is 19.6. The van der Waals surface area contributed by atoms with Gasteiger partial charge in [-0.2, -0.15) is 0 Å². The highest BCUT2D eigenvalue weighted by molar-refractivity contribution is 9.10. The van der Waals surface area contributed by atoms with Crippen LogP contribution in [0.15, 0.2) is 46.9 Å². The smallest absolute Gasteiger partial charge is 0.254 e. The van der Waals surface area contributed by atoms with Gasteiger partial charge in [-0.05, 0) is 42.3 Å². The molecule has 0 radical (unpaired) electrons. The van der Waals surface area contributed by atoms with Crippen LogP contribution in [0.3, 0.4) is 0 Å². The maximum Gasteiger partial charge on any atom is 0.254 e. The lowest BCUT2D eigenvalue weighted by atomic mass is 10.1. The summed E-state index contributed by atoms with van der Waals surface area (Å²) in [6, 6.07) is 12.1. The van der Waals surface area contributed by atoms with E-state index in [4.69, 9.17) is 16.3 Å². The van der Waals surface area contributed by atoms with Gasteiger partial charge in [-0.15, -0.1) is 0 Å². The number of methoxy groups -OCH3 is 1. The van der Waals surface area contributed by atoms with Gasteiger partial charge in [0, 0.05) is 22.6 Å². The molecule has 0 aliphatic carbocycles. The highest BCUT2D eigenvalue weighted by Crippen LogP contribution is 2.28. The SMILES string of the molecule is COc1ccc(C(=O)N(Cc2cccc(Br)c2)[C@H]2CCS(=O)(=O)C2)cc1Cl. The fraction of sp³-hybridized carbons (Fsp3) is 0.316. The highest BCUT2D eigenvalue weighted by atomic mass is 79.9. The molecule has 0 N–H and O–H groups in total. The fourth-order valence-electron chi connectivity index (χ4n) is 3.19. The van der Waals surface area contributed by atoms with Crippen molar-refractivity contribution >= 4 is 43.3 Å². The van der Waals surface area contributed by atoms with Crippen LogP contribution in [0, 0.1) is 0 Å². The van der Waals surface area contributed by atoms with Crippen LogP contribution >= 0.6 is 27.5 Å². The van der Waals surface area contributed by atoms with Crippen molar-refractivity contribution in [3.8, 4) is 5.75 Å². The Labute approximate surface area is 172 Å². The molecule has 5 nitrogen and oxygen atoms in total. The normalized spacial score (nSPS) is 18.3. The molecule has 1 fully saturated rings. The van der Waals surface area contributed by atoms with Gasteiger partial charge >= 0.3 is 0 Å². The fourth-order valence-corrected chi connectivity index (χ4v) is 5.62. The van der Waals surface area contributed by atoms with Crippen LogP contribution in [-0.4, -0.2) is 43.9 Å². The molecule has 2 aromatic rings. The Kier molecular flexibility index (Phi) is 6.13. The second-order valence-electron chi connectivity index (χ2n) is 6.47. The van der Waals surface area contributed by atoms with E-state index in [9.17, 15) is 13.2 Å². The lowest BCUT2D eigenvalue weighted by Crippen LogP contribution is -2.40. The summed E-state index contributed by atoms with van der Waals surface area (Å²) >= 11 is 9.60. The van der Waals surface area contributed by atoms with E-state index in [-0.39, 0.29) is 23.5 Å². The minimum atomic E-state index is -3.12. The van der Waals surface area contributed by atoms with Gasteiger partial charge in [-0.25, -0.2) is 8.42 Å². The van der Waals surface area contributed by atoms with E-state index in [0.29, 0.717) is 29.3 Å². The maximum atomic E-state index is 13.2. The van der Waals surface area contributed by atoms with Gasteiger partial charge in [0.25, 0.3) is 5.91 Å². The quantitative estimate of drug-likeness (QED) is 0.661. The number of hydrogen-bond donors (Lipinski definition) is 0. The van der Waals surface area contributed by atoms with Crippen molar-refractivity contribution in [2.75, 3.05) is 18.6 Å². The molecule has 27 heavy (non-hydrogen) atoms. The summed E-state index contributed by atoms with van der Waals surface area (Å²) in [5, 5.41) is 0.338. The number of nitrogens with zero attached hydrogens (tertiary/aromatic N) is 1. The molecule has 144 valence electrons. The van der Waals surface area contributed by atoms with E-state index >= 15 is 0 Å². The molecule has 1 saturated heterocycles. The standard InChI is InChI=1S/C19H19BrClNO4S/c1-26-18-6-5-14(10-17(18)21)19(23)22(16-7-8-27(24,25)12-16)11-13-3-2-4-15(20)9-13/h2-6,9-10,16H,7-8,11-12H2,1H3/t16-/m0/s1. The number of carbonyl (C=O) groups is 1. The van der Waals surface area contributed by atoms with Gasteiger partial charge in [-0.1, -0.05) is 39.7 Å². The van der Waals surface area contributed by atoms with Crippen molar-refractivity contribution in [2.24, 2.45) is 0 Å². The minimum Gasteiger partial charge on any atom is -0.495 e. The molecule has 0 bridgehead atoms. The van der Waals surface area contributed by atoms with Gasteiger partial charge in [0.15, 0.2) is 9.84 Å². The number of carbonyl (C=O) groups excluding carboxylic acids is 1. The lowest BCUT2D eigenvalue weighted by molar-refractivity contribution is 0.0681. The first-order chi connectivity index (χ1) is 12.8. The maximum absolute atomic E-state index is 13.2. The molecule has 0 unspecified atom stereocenters. The summed E-state index contributed by atoms with van der Waals surface area (Å²) in [6.07, 6.45) is 0.436. The molecule has 3 rings (SSSR count). The van der Waals surface area contributed by atoms with Gasteiger partial charge in [0.1, 0.15) is 5.75 Å². The van der Waals surface area contributed by atoms with Crippen molar-refractivity contribution in [2.45, 2.75) is 19.0 Å². The number of ether oxygens (including phenoxy) is 1. The Bertz CT molecular complexity index is 964. The van der Waals surface area contributed by atoms with Crippen molar-refractivity contribution in [1.82, 2.24) is 4.90 Å². The van der Waals surface area contributed by atoms with E-state index in [1.807, 2.05) is 24.3 Å². The Morgan fingerprint density at radius 1 is 1.30 bits per heavy atom. The largest absolute Gasteiger partial charge is 0.495 e. The Balaban J connectivity index is 1.93. The zero-order valence-electron chi connectivity index (χ0n) is 14.7. The van der Waals surface area contributed by atoms with E-state index < -0.39 is 9.84 Å². The average Bonchev–Trinajstić information content (AvgIpc) is 2.98. The second-order valence-corrected chi connectivity index (χ2v) is 10.0. The molecular weight excluding hydrogens is 454 g/mol. The predicted molar refractivity (Wildman–Crippen MR) is 109 cm³/mol. The van der Waals surface area contributed by atoms with Crippen LogP contribution < -0.4 is 4.74 Å². The Hall–Kier alpha value is -1.57. The van der Waals surface area contributed by atoms with Crippen molar-refractivity contribution in [3.05, 3.63) is 63.1 Å². The van der Waals surface area contributed by atoms with Gasteiger partial charge in [-0.3, -0.25) is 4.79 Å². The molecule has 1 amide bonds. The van der Waals surface area contributed by atoms with Crippen LogP contribution in [0.2, 0.25) is 5.02 Å². The number of benzene rings is 2. The van der Waals surface area contributed by atoms with Crippen molar-refractivity contribution in [1.29, 1.82) is 0 Å². The number of amides is 1. The summed E-state index contributed by atoms with van der Waals surface area (Å²) in [4.78, 5) is 14.8. The molecule has 0 saturated carbocycles. The van der Waals surface area contributed by atoms with Gasteiger partial charge < -0.3 is 9.64 Å². The molecule has 1 heterocycles. The summed E-state index contributed by atoms with van der Waals surface area (Å²) in [7, 11) is -1.62. The minimum absolute atomic E-state index is 0.0172. The Morgan fingerprint density at radius 3 is 2.67 bits per heavy atom. The van der Waals surface area contributed by atoms with Crippen LogP contribution in [0.1, 0.15) is 22.3 Å². The van der Waals surface area contributed by atoms with Gasteiger partial charge in [0.2, 0.25) is 0 Å². The second kappa shape index (κ2) is 8.20. The molecule has 2 aromatic carbocycles. The van der Waals surface area contributed by atoms with Crippen molar-refractivity contribution in [3.63, 3.8) is 0 Å². The number of sulfone groups is 1. The van der Waals surface area contributed by atoms with E-state index in [2.05, 4.69) is 15.9 Å². The third-order valence-corrected chi connectivity index (χ3v) is 7.09. The number of hydrogen-bond acceptors (Lipinski definition) is 4. The third-order valence-electron chi connectivity index (χ3n) is 4.55. The summed E-state index contributed by atoms with van der Waals surface area (Å²) < 4.78 is 30.0.